The van der Waals surface area contributed by atoms with Crippen LogP contribution in [0.15, 0.2) is 17.3 Å². The van der Waals surface area contributed by atoms with Crippen LogP contribution < -0.4 is 5.56 Å². The Morgan fingerprint density at radius 1 is 1.62 bits per heavy atom. The summed E-state index contributed by atoms with van der Waals surface area (Å²) >= 11 is 0. The molecule has 2 rings (SSSR count). The van der Waals surface area contributed by atoms with E-state index in [0.717, 1.165) is 12.1 Å². The minimum absolute atomic E-state index is 0.113. The molecule has 0 bridgehead atoms. The summed E-state index contributed by atoms with van der Waals surface area (Å²) in [5.74, 6) is 0.710. The molecule has 0 saturated heterocycles. The fraction of sp³-hybridized carbons (Fsp3) is 0.600. The molecule has 1 fully saturated rings. The number of aryl methyl sites for hydroxylation is 1. The number of nitrogens with zero attached hydrogens (tertiary/aromatic N) is 2. The quantitative estimate of drug-likeness (QED) is 0.685. The lowest BCUT2D eigenvalue weighted by Gasteiger charge is -2.25. The molecule has 0 N–H and O–H groups in total. The fourth-order valence-corrected chi connectivity index (χ4v) is 1.64. The topological polar surface area (TPSA) is 34.9 Å². The maximum absolute atomic E-state index is 11.6. The molecule has 0 aliphatic heterocycles. The van der Waals surface area contributed by atoms with Gasteiger partial charge in [-0.1, -0.05) is 6.42 Å². The van der Waals surface area contributed by atoms with Gasteiger partial charge in [-0.3, -0.25) is 9.36 Å². The van der Waals surface area contributed by atoms with Crippen LogP contribution in [0.25, 0.3) is 0 Å². The van der Waals surface area contributed by atoms with E-state index < -0.39 is 0 Å². The van der Waals surface area contributed by atoms with Crippen LogP contribution in [0.5, 0.6) is 0 Å². The van der Waals surface area contributed by atoms with Gasteiger partial charge in [0.15, 0.2) is 0 Å². The molecular weight excluding hydrogens is 164 g/mol. The van der Waals surface area contributed by atoms with E-state index in [1.165, 1.54) is 19.3 Å². The number of rotatable bonds is 2. The molecule has 13 heavy (non-hydrogen) atoms. The van der Waals surface area contributed by atoms with Crippen LogP contribution in [0, 0.1) is 12.8 Å². The summed E-state index contributed by atoms with van der Waals surface area (Å²) in [5.41, 5.74) is 0.851. The first-order chi connectivity index (χ1) is 6.27. The van der Waals surface area contributed by atoms with Crippen LogP contribution in [0.3, 0.4) is 0 Å². The summed E-state index contributed by atoms with van der Waals surface area (Å²) in [6, 6.07) is 0. The Hall–Kier alpha value is -1.12. The Kier molecular flexibility index (Phi) is 2.17. The van der Waals surface area contributed by atoms with Crippen molar-refractivity contribution in [2.45, 2.75) is 32.7 Å². The highest BCUT2D eigenvalue weighted by molar-refractivity contribution is 5.00. The Bertz CT molecular complexity index is 352. The van der Waals surface area contributed by atoms with Crippen molar-refractivity contribution in [1.29, 1.82) is 0 Å². The highest BCUT2D eigenvalue weighted by atomic mass is 16.1. The average molecular weight is 178 g/mol. The Balaban J connectivity index is 2.19. The molecule has 3 heteroatoms. The fourth-order valence-electron chi connectivity index (χ4n) is 1.64. The highest BCUT2D eigenvalue weighted by Crippen LogP contribution is 2.27. The molecule has 1 aliphatic carbocycles. The molecule has 1 saturated carbocycles. The molecule has 3 nitrogen and oxygen atoms in total. The van der Waals surface area contributed by atoms with E-state index in [4.69, 9.17) is 0 Å². The van der Waals surface area contributed by atoms with Gasteiger partial charge >= 0.3 is 0 Å². The molecule has 0 atom stereocenters. The van der Waals surface area contributed by atoms with Crippen molar-refractivity contribution in [2.24, 2.45) is 5.92 Å². The number of hydrogen-bond donors (Lipinski definition) is 0. The molecule has 0 radical (unpaired) electrons. The van der Waals surface area contributed by atoms with Crippen LogP contribution in [0.4, 0.5) is 0 Å². The molecule has 0 spiro atoms. The van der Waals surface area contributed by atoms with Gasteiger partial charge in [0.05, 0.1) is 6.33 Å². The lowest BCUT2D eigenvalue weighted by atomic mass is 9.85. The highest BCUT2D eigenvalue weighted by Gasteiger charge is 2.18. The first-order valence-corrected chi connectivity index (χ1v) is 4.78. The predicted molar refractivity (Wildman–Crippen MR) is 50.6 cm³/mol. The van der Waals surface area contributed by atoms with Gasteiger partial charge in [-0.25, -0.2) is 4.98 Å². The summed E-state index contributed by atoms with van der Waals surface area (Å²) in [4.78, 5) is 15.6. The zero-order valence-electron chi connectivity index (χ0n) is 7.86. The van der Waals surface area contributed by atoms with E-state index in [0.29, 0.717) is 5.92 Å². The van der Waals surface area contributed by atoms with Crippen molar-refractivity contribution >= 4 is 0 Å². The van der Waals surface area contributed by atoms with Crippen LogP contribution >= 0.6 is 0 Å². The largest absolute Gasteiger partial charge is 0.299 e. The summed E-state index contributed by atoms with van der Waals surface area (Å²) < 4.78 is 1.74. The minimum atomic E-state index is 0.113. The molecule has 0 unspecified atom stereocenters. The standard InChI is InChI=1S/C10H14N2O/c1-8-5-11-7-12(10(8)13)6-9-3-2-4-9/h5,7,9H,2-4,6H2,1H3. The van der Waals surface area contributed by atoms with Gasteiger partial charge in [0, 0.05) is 18.3 Å². The lowest BCUT2D eigenvalue weighted by Crippen LogP contribution is -2.28. The maximum Gasteiger partial charge on any atom is 0.256 e. The molecule has 1 aromatic rings. The minimum Gasteiger partial charge on any atom is -0.299 e. The Labute approximate surface area is 77.4 Å². The van der Waals surface area contributed by atoms with Crippen molar-refractivity contribution in [3.05, 3.63) is 28.4 Å². The van der Waals surface area contributed by atoms with Gasteiger partial charge in [0.1, 0.15) is 0 Å². The van der Waals surface area contributed by atoms with Gasteiger partial charge in [0.2, 0.25) is 0 Å². The molecule has 70 valence electrons. The van der Waals surface area contributed by atoms with Crippen molar-refractivity contribution in [3.8, 4) is 0 Å². The van der Waals surface area contributed by atoms with Crippen molar-refractivity contribution in [3.63, 3.8) is 0 Å². The SMILES string of the molecule is Cc1cncn(CC2CCC2)c1=O. The molecule has 1 aliphatic rings. The van der Waals surface area contributed by atoms with Gasteiger partial charge < -0.3 is 0 Å². The molecule has 0 amide bonds. The van der Waals surface area contributed by atoms with E-state index in [1.54, 1.807) is 17.1 Å². The summed E-state index contributed by atoms with van der Waals surface area (Å²) in [6.07, 6.45) is 7.12. The second-order valence-corrected chi connectivity index (χ2v) is 3.83. The van der Waals surface area contributed by atoms with E-state index in [2.05, 4.69) is 4.98 Å². The third-order valence-corrected chi connectivity index (χ3v) is 2.75. The van der Waals surface area contributed by atoms with Gasteiger partial charge in [-0.15, -0.1) is 0 Å². The predicted octanol–water partition coefficient (Wildman–Crippen LogP) is 1.35. The van der Waals surface area contributed by atoms with E-state index in [9.17, 15) is 4.79 Å². The normalized spacial score (nSPS) is 17.0. The van der Waals surface area contributed by atoms with E-state index in [-0.39, 0.29) is 5.56 Å². The van der Waals surface area contributed by atoms with Gasteiger partial charge in [-0.2, -0.15) is 0 Å². The van der Waals surface area contributed by atoms with Gasteiger partial charge in [-0.05, 0) is 25.7 Å². The number of hydrogen-bond acceptors (Lipinski definition) is 2. The van der Waals surface area contributed by atoms with E-state index in [1.807, 2.05) is 6.92 Å². The van der Waals surface area contributed by atoms with E-state index >= 15 is 0 Å². The first-order valence-electron chi connectivity index (χ1n) is 4.78. The third kappa shape index (κ3) is 1.64. The van der Waals surface area contributed by atoms with Crippen LogP contribution in [0.2, 0.25) is 0 Å². The molecule has 1 aromatic heterocycles. The molecule has 0 aromatic carbocycles. The monoisotopic (exact) mass is 178 g/mol. The lowest BCUT2D eigenvalue weighted by molar-refractivity contribution is 0.272. The summed E-state index contributed by atoms with van der Waals surface area (Å²) in [5, 5.41) is 0. The molecular formula is C10H14N2O. The van der Waals surface area contributed by atoms with Crippen molar-refractivity contribution in [1.82, 2.24) is 9.55 Å². The van der Waals surface area contributed by atoms with Crippen molar-refractivity contribution < 1.29 is 0 Å². The number of aromatic nitrogens is 2. The first kappa shape index (κ1) is 8.48. The van der Waals surface area contributed by atoms with Crippen molar-refractivity contribution in [2.75, 3.05) is 0 Å². The van der Waals surface area contributed by atoms with Crippen LogP contribution in [-0.4, -0.2) is 9.55 Å². The second-order valence-electron chi connectivity index (χ2n) is 3.83. The maximum atomic E-state index is 11.6. The average Bonchev–Trinajstić information content (AvgIpc) is 2.04. The summed E-state index contributed by atoms with van der Waals surface area (Å²) in [7, 11) is 0. The zero-order chi connectivity index (χ0) is 9.26. The Morgan fingerprint density at radius 2 is 2.38 bits per heavy atom. The van der Waals surface area contributed by atoms with Gasteiger partial charge in [0.25, 0.3) is 5.56 Å². The summed E-state index contributed by atoms with van der Waals surface area (Å²) in [6.45, 7) is 2.67. The smallest absolute Gasteiger partial charge is 0.256 e. The van der Waals surface area contributed by atoms with Crippen LogP contribution in [0.1, 0.15) is 24.8 Å². The van der Waals surface area contributed by atoms with Crippen LogP contribution in [-0.2, 0) is 6.54 Å². The Morgan fingerprint density at radius 3 is 3.00 bits per heavy atom. The molecule has 1 heterocycles. The third-order valence-electron chi connectivity index (χ3n) is 2.75. The zero-order valence-corrected chi connectivity index (χ0v) is 7.86. The second kappa shape index (κ2) is 3.32.